The van der Waals surface area contributed by atoms with Crippen LogP contribution < -0.4 is 14.8 Å². The molecule has 0 amide bonds. The normalized spacial score (nSPS) is 12.6. The van der Waals surface area contributed by atoms with Gasteiger partial charge in [0.15, 0.2) is 5.78 Å². The van der Waals surface area contributed by atoms with Crippen molar-refractivity contribution in [3.8, 4) is 0 Å². The molecule has 1 aromatic heterocycles. The second kappa shape index (κ2) is 7.51. The van der Waals surface area contributed by atoms with E-state index in [9.17, 15) is 14.0 Å². The van der Waals surface area contributed by atoms with E-state index in [1.165, 1.54) is 22.8 Å². The molecule has 1 heterocycles. The van der Waals surface area contributed by atoms with E-state index in [0.717, 1.165) is 16.9 Å². The summed E-state index contributed by atoms with van der Waals surface area (Å²) < 4.78 is 17.0. The van der Waals surface area contributed by atoms with Crippen LogP contribution in [-0.2, 0) is 7.05 Å². The standard InChI is InChI=1S/C20H15BrFNO2S/c1-12-5-3-4-6-15(12)17(24)11-19-23(2)20(25)18(26-19)9-13-7-8-14(21)10-16(13)22/h3-11H,1-2H3. The Bertz CT molecular complexity index is 1180. The molecule has 0 unspecified atom stereocenters. The quantitative estimate of drug-likeness (QED) is 0.597. The lowest BCUT2D eigenvalue weighted by Gasteiger charge is -1.99. The molecule has 0 aliphatic carbocycles. The molecule has 6 heteroatoms. The summed E-state index contributed by atoms with van der Waals surface area (Å²) in [5, 5.41) is 0. The van der Waals surface area contributed by atoms with Gasteiger partial charge in [0.25, 0.3) is 5.56 Å². The lowest BCUT2D eigenvalue weighted by atomic mass is 10.1. The summed E-state index contributed by atoms with van der Waals surface area (Å²) >= 11 is 4.37. The van der Waals surface area contributed by atoms with Crippen molar-refractivity contribution >= 4 is 45.2 Å². The molecule has 0 saturated carbocycles. The fourth-order valence-electron chi connectivity index (χ4n) is 2.51. The van der Waals surface area contributed by atoms with Crippen molar-refractivity contribution in [2.24, 2.45) is 7.05 Å². The summed E-state index contributed by atoms with van der Waals surface area (Å²) in [6.07, 6.45) is 2.95. The smallest absolute Gasteiger partial charge is 0.268 e. The van der Waals surface area contributed by atoms with Crippen molar-refractivity contribution in [2.75, 3.05) is 0 Å². The minimum absolute atomic E-state index is 0.165. The number of Topliss-reactive ketones (excluding diaryl/α,β-unsaturated/α-hetero) is 1. The van der Waals surface area contributed by atoms with Gasteiger partial charge in [-0.15, -0.1) is 11.3 Å². The maximum Gasteiger partial charge on any atom is 0.268 e. The number of carbonyl (C=O) groups is 1. The SMILES string of the molecule is Cc1ccccc1C(=O)C=c1sc(=Cc2ccc(Br)cc2F)c(=O)n1C. The van der Waals surface area contributed by atoms with Gasteiger partial charge in [0.1, 0.15) is 10.5 Å². The van der Waals surface area contributed by atoms with Crippen LogP contribution in [0.5, 0.6) is 0 Å². The van der Waals surface area contributed by atoms with E-state index in [-0.39, 0.29) is 11.3 Å². The molecule has 2 aromatic carbocycles. The Hall–Kier alpha value is -2.31. The number of halogens is 2. The minimum Gasteiger partial charge on any atom is -0.302 e. The molecule has 3 rings (SSSR count). The number of carbonyl (C=O) groups excluding carboxylic acids is 1. The number of rotatable bonds is 3. The van der Waals surface area contributed by atoms with E-state index in [4.69, 9.17) is 0 Å². The number of hydrogen-bond acceptors (Lipinski definition) is 3. The largest absolute Gasteiger partial charge is 0.302 e. The third-order valence-electron chi connectivity index (χ3n) is 3.97. The molecule has 0 bridgehead atoms. The number of nitrogens with zero attached hydrogens (tertiary/aromatic N) is 1. The zero-order valence-corrected chi connectivity index (χ0v) is 16.5. The highest BCUT2D eigenvalue weighted by Crippen LogP contribution is 2.15. The summed E-state index contributed by atoms with van der Waals surface area (Å²) in [6.45, 7) is 1.87. The van der Waals surface area contributed by atoms with Crippen LogP contribution in [0.2, 0.25) is 0 Å². The molecular formula is C20H15BrFNO2S. The topological polar surface area (TPSA) is 39.1 Å². The van der Waals surface area contributed by atoms with Crippen molar-refractivity contribution in [1.82, 2.24) is 4.57 Å². The van der Waals surface area contributed by atoms with Crippen molar-refractivity contribution in [3.05, 3.63) is 89.0 Å². The van der Waals surface area contributed by atoms with E-state index in [1.54, 1.807) is 31.3 Å². The first-order valence-electron chi connectivity index (χ1n) is 7.81. The van der Waals surface area contributed by atoms with Crippen LogP contribution in [0, 0.1) is 12.7 Å². The fraction of sp³-hybridized carbons (Fsp3) is 0.100. The van der Waals surface area contributed by atoms with Crippen LogP contribution in [0.1, 0.15) is 21.5 Å². The molecule has 26 heavy (non-hydrogen) atoms. The fourth-order valence-corrected chi connectivity index (χ4v) is 3.86. The van der Waals surface area contributed by atoms with Gasteiger partial charge in [-0.1, -0.05) is 46.3 Å². The van der Waals surface area contributed by atoms with Gasteiger partial charge in [0.05, 0.1) is 4.53 Å². The molecule has 0 atom stereocenters. The number of aryl methyl sites for hydroxylation is 1. The second-order valence-electron chi connectivity index (χ2n) is 5.80. The first-order chi connectivity index (χ1) is 12.4. The van der Waals surface area contributed by atoms with Gasteiger partial charge in [-0.05, 0) is 30.7 Å². The van der Waals surface area contributed by atoms with E-state index in [2.05, 4.69) is 15.9 Å². The Kier molecular flexibility index (Phi) is 5.34. The minimum atomic E-state index is -0.420. The first-order valence-corrected chi connectivity index (χ1v) is 9.42. The number of benzene rings is 2. The first kappa shape index (κ1) is 18.5. The van der Waals surface area contributed by atoms with Crippen molar-refractivity contribution in [1.29, 1.82) is 0 Å². The highest BCUT2D eigenvalue weighted by Gasteiger charge is 2.08. The summed E-state index contributed by atoms with van der Waals surface area (Å²) in [5.74, 6) is -0.585. The van der Waals surface area contributed by atoms with Crippen LogP contribution in [0.4, 0.5) is 4.39 Å². The molecule has 132 valence electrons. The lowest BCUT2D eigenvalue weighted by molar-refractivity contribution is 0.106. The maximum atomic E-state index is 14.0. The average Bonchev–Trinajstić information content (AvgIpc) is 2.85. The number of aromatic nitrogens is 1. The Labute approximate surface area is 161 Å². The monoisotopic (exact) mass is 431 g/mol. The summed E-state index contributed by atoms with van der Waals surface area (Å²) in [5.41, 5.74) is 1.53. The van der Waals surface area contributed by atoms with Gasteiger partial charge in [-0.2, -0.15) is 0 Å². The molecule has 0 fully saturated rings. The lowest BCUT2D eigenvalue weighted by Crippen LogP contribution is -2.29. The molecule has 3 nitrogen and oxygen atoms in total. The molecular weight excluding hydrogens is 417 g/mol. The molecule has 3 aromatic rings. The highest BCUT2D eigenvalue weighted by molar-refractivity contribution is 9.10. The average molecular weight is 432 g/mol. The summed E-state index contributed by atoms with van der Waals surface area (Å²) in [4.78, 5) is 25.0. The number of thiazole rings is 1. The molecule has 0 spiro atoms. The highest BCUT2D eigenvalue weighted by atomic mass is 79.9. The van der Waals surface area contributed by atoms with E-state index in [1.807, 2.05) is 19.1 Å². The summed E-state index contributed by atoms with van der Waals surface area (Å²) in [6, 6.07) is 11.9. The predicted molar refractivity (Wildman–Crippen MR) is 106 cm³/mol. The van der Waals surface area contributed by atoms with Gasteiger partial charge >= 0.3 is 0 Å². The van der Waals surface area contributed by atoms with Crippen molar-refractivity contribution in [3.63, 3.8) is 0 Å². The van der Waals surface area contributed by atoms with E-state index < -0.39 is 5.82 Å². The molecule has 0 saturated heterocycles. The molecule has 0 N–H and O–H groups in total. The van der Waals surface area contributed by atoms with E-state index >= 15 is 0 Å². The zero-order chi connectivity index (χ0) is 18.8. The third-order valence-corrected chi connectivity index (χ3v) is 5.58. The zero-order valence-electron chi connectivity index (χ0n) is 14.1. The van der Waals surface area contributed by atoms with Crippen molar-refractivity contribution < 1.29 is 9.18 Å². The Balaban J connectivity index is 2.11. The van der Waals surface area contributed by atoms with Crippen LogP contribution in [0.15, 0.2) is 51.7 Å². The van der Waals surface area contributed by atoms with Gasteiger partial charge in [0, 0.05) is 28.7 Å². The Morgan fingerprint density at radius 2 is 1.96 bits per heavy atom. The third kappa shape index (κ3) is 3.76. The number of hydrogen-bond donors (Lipinski definition) is 0. The molecule has 0 radical (unpaired) electrons. The Morgan fingerprint density at radius 1 is 1.23 bits per heavy atom. The second-order valence-corrected chi connectivity index (χ2v) is 7.78. The van der Waals surface area contributed by atoms with Crippen LogP contribution in [0.3, 0.4) is 0 Å². The molecule has 0 aliphatic heterocycles. The van der Waals surface area contributed by atoms with E-state index in [0.29, 0.717) is 24.8 Å². The van der Waals surface area contributed by atoms with Crippen LogP contribution in [-0.4, -0.2) is 10.4 Å². The van der Waals surface area contributed by atoms with Gasteiger partial charge in [-0.3, -0.25) is 9.59 Å². The van der Waals surface area contributed by atoms with Crippen LogP contribution in [0.25, 0.3) is 12.2 Å². The number of ketones is 1. The van der Waals surface area contributed by atoms with Gasteiger partial charge in [0.2, 0.25) is 0 Å². The van der Waals surface area contributed by atoms with Gasteiger partial charge in [-0.25, -0.2) is 4.39 Å². The predicted octanol–water partition coefficient (Wildman–Crippen LogP) is 3.15. The van der Waals surface area contributed by atoms with Crippen molar-refractivity contribution in [2.45, 2.75) is 6.92 Å². The molecule has 0 aliphatic rings. The Morgan fingerprint density at radius 3 is 2.65 bits per heavy atom. The maximum absolute atomic E-state index is 14.0. The summed E-state index contributed by atoms with van der Waals surface area (Å²) in [7, 11) is 1.60. The van der Waals surface area contributed by atoms with Gasteiger partial charge < -0.3 is 4.57 Å². The van der Waals surface area contributed by atoms with Crippen LogP contribution >= 0.6 is 27.3 Å².